The topological polar surface area (TPSA) is 64.4 Å². The fraction of sp³-hybridized carbons (Fsp3) is 0.462. The lowest BCUT2D eigenvalue weighted by Gasteiger charge is -2.34. The van der Waals surface area contributed by atoms with E-state index in [2.05, 4.69) is 5.32 Å². The zero-order valence-electron chi connectivity index (χ0n) is 10.5. The average molecular weight is 289 g/mol. The molecule has 4 nitrogen and oxygen atoms in total. The standard InChI is InChI=1S/C13H17FN2O2.ClH/c14-10-1-3-11(4-2-10)16-12(17)13(9-15)5-7-18-8-6-13;/h1-4H,5-9,15H2,(H,16,17);1H. The zero-order chi connectivity index (χ0) is 13.0. The van der Waals surface area contributed by atoms with Gasteiger partial charge in [-0.3, -0.25) is 4.79 Å². The normalized spacial score (nSPS) is 17.4. The first kappa shape index (κ1) is 15.9. The van der Waals surface area contributed by atoms with E-state index in [1.54, 1.807) is 0 Å². The van der Waals surface area contributed by atoms with Crippen LogP contribution in [0.1, 0.15) is 12.8 Å². The number of rotatable bonds is 3. The molecule has 0 saturated carbocycles. The van der Waals surface area contributed by atoms with Gasteiger partial charge in [-0.1, -0.05) is 0 Å². The molecule has 0 aliphatic carbocycles. The number of amides is 1. The number of anilines is 1. The highest BCUT2D eigenvalue weighted by Crippen LogP contribution is 2.30. The Hall–Kier alpha value is -1.17. The second-order valence-corrected chi connectivity index (χ2v) is 4.56. The van der Waals surface area contributed by atoms with Gasteiger partial charge in [0.15, 0.2) is 0 Å². The Labute approximate surface area is 117 Å². The summed E-state index contributed by atoms with van der Waals surface area (Å²) in [6, 6.07) is 5.71. The van der Waals surface area contributed by atoms with Crippen molar-refractivity contribution in [3.05, 3.63) is 30.1 Å². The molecule has 0 spiro atoms. The van der Waals surface area contributed by atoms with Gasteiger partial charge in [0.25, 0.3) is 0 Å². The molecule has 106 valence electrons. The molecule has 0 radical (unpaired) electrons. The molecular weight excluding hydrogens is 271 g/mol. The Bertz CT molecular complexity index is 419. The van der Waals surface area contributed by atoms with Crippen molar-refractivity contribution in [2.45, 2.75) is 12.8 Å². The zero-order valence-corrected chi connectivity index (χ0v) is 11.3. The summed E-state index contributed by atoms with van der Waals surface area (Å²) in [5.74, 6) is -0.437. The maximum Gasteiger partial charge on any atom is 0.232 e. The molecule has 1 amide bonds. The molecule has 0 unspecified atom stereocenters. The minimum Gasteiger partial charge on any atom is -0.381 e. The molecule has 0 atom stereocenters. The summed E-state index contributed by atoms with van der Waals surface area (Å²) in [5.41, 5.74) is 5.76. The van der Waals surface area contributed by atoms with E-state index in [-0.39, 0.29) is 24.1 Å². The second-order valence-electron chi connectivity index (χ2n) is 4.56. The van der Waals surface area contributed by atoms with Crippen LogP contribution in [-0.2, 0) is 9.53 Å². The molecule has 1 aliphatic heterocycles. The predicted molar refractivity (Wildman–Crippen MR) is 73.8 cm³/mol. The van der Waals surface area contributed by atoms with E-state index in [1.807, 2.05) is 0 Å². The van der Waals surface area contributed by atoms with Gasteiger partial charge in [0.1, 0.15) is 5.82 Å². The SMILES string of the molecule is Cl.NCC1(C(=O)Nc2ccc(F)cc2)CCOCC1. The second kappa shape index (κ2) is 6.84. The monoisotopic (exact) mass is 288 g/mol. The van der Waals surface area contributed by atoms with Crippen molar-refractivity contribution in [2.75, 3.05) is 25.1 Å². The largest absolute Gasteiger partial charge is 0.381 e. The number of benzene rings is 1. The summed E-state index contributed by atoms with van der Waals surface area (Å²) < 4.78 is 18.0. The molecule has 1 aromatic carbocycles. The quantitative estimate of drug-likeness (QED) is 0.893. The molecule has 3 N–H and O–H groups in total. The summed E-state index contributed by atoms with van der Waals surface area (Å²) in [6.07, 6.45) is 1.24. The Morgan fingerprint density at radius 1 is 1.32 bits per heavy atom. The lowest BCUT2D eigenvalue weighted by atomic mass is 9.79. The van der Waals surface area contributed by atoms with E-state index in [9.17, 15) is 9.18 Å². The van der Waals surface area contributed by atoms with E-state index >= 15 is 0 Å². The van der Waals surface area contributed by atoms with Gasteiger partial charge in [-0.05, 0) is 37.1 Å². The van der Waals surface area contributed by atoms with E-state index in [0.29, 0.717) is 38.3 Å². The summed E-state index contributed by atoms with van der Waals surface area (Å²) >= 11 is 0. The number of ether oxygens (including phenoxy) is 1. The highest BCUT2D eigenvalue weighted by Gasteiger charge is 2.38. The van der Waals surface area contributed by atoms with Gasteiger partial charge in [-0.25, -0.2) is 4.39 Å². The molecule has 1 aliphatic rings. The van der Waals surface area contributed by atoms with Gasteiger partial charge in [0, 0.05) is 25.4 Å². The molecule has 19 heavy (non-hydrogen) atoms. The lowest BCUT2D eigenvalue weighted by Crippen LogP contribution is -2.46. The summed E-state index contributed by atoms with van der Waals surface area (Å²) in [4.78, 5) is 12.3. The predicted octanol–water partition coefficient (Wildman–Crippen LogP) is 1.94. The van der Waals surface area contributed by atoms with E-state index in [1.165, 1.54) is 24.3 Å². The van der Waals surface area contributed by atoms with Gasteiger partial charge in [-0.15, -0.1) is 12.4 Å². The highest BCUT2D eigenvalue weighted by molar-refractivity contribution is 5.95. The fourth-order valence-corrected chi connectivity index (χ4v) is 2.08. The maximum atomic E-state index is 12.8. The molecule has 2 rings (SSSR count). The smallest absolute Gasteiger partial charge is 0.232 e. The number of nitrogens with two attached hydrogens (primary N) is 1. The molecule has 1 heterocycles. The number of carbonyl (C=O) groups is 1. The van der Waals surface area contributed by atoms with Crippen LogP contribution in [0.3, 0.4) is 0 Å². The van der Waals surface area contributed by atoms with Crippen molar-refractivity contribution in [3.63, 3.8) is 0 Å². The van der Waals surface area contributed by atoms with Crippen molar-refractivity contribution in [1.82, 2.24) is 0 Å². The molecular formula is C13H18ClFN2O2. The number of hydrogen-bond donors (Lipinski definition) is 2. The first-order valence-electron chi connectivity index (χ1n) is 6.01. The molecule has 1 fully saturated rings. The summed E-state index contributed by atoms with van der Waals surface area (Å²) in [6.45, 7) is 1.39. The van der Waals surface area contributed by atoms with Crippen molar-refractivity contribution >= 4 is 24.0 Å². The first-order chi connectivity index (χ1) is 8.66. The summed E-state index contributed by atoms with van der Waals surface area (Å²) in [7, 11) is 0. The lowest BCUT2D eigenvalue weighted by molar-refractivity contribution is -0.130. The highest BCUT2D eigenvalue weighted by atomic mass is 35.5. The number of hydrogen-bond acceptors (Lipinski definition) is 3. The molecule has 6 heteroatoms. The van der Waals surface area contributed by atoms with Gasteiger partial charge in [0.2, 0.25) is 5.91 Å². The van der Waals surface area contributed by atoms with Gasteiger partial charge in [0.05, 0.1) is 5.41 Å². The van der Waals surface area contributed by atoms with Crippen molar-refractivity contribution in [1.29, 1.82) is 0 Å². The first-order valence-corrected chi connectivity index (χ1v) is 6.01. The van der Waals surface area contributed by atoms with Gasteiger partial charge in [-0.2, -0.15) is 0 Å². The van der Waals surface area contributed by atoms with Crippen LogP contribution in [0.25, 0.3) is 0 Å². The average Bonchev–Trinajstić information content (AvgIpc) is 2.42. The van der Waals surface area contributed by atoms with E-state index in [0.717, 1.165) is 0 Å². The molecule has 1 saturated heterocycles. The van der Waals surface area contributed by atoms with Gasteiger partial charge >= 0.3 is 0 Å². The minimum absolute atomic E-state index is 0. The molecule has 0 aromatic heterocycles. The van der Waals surface area contributed by atoms with Crippen LogP contribution in [0, 0.1) is 11.2 Å². The Morgan fingerprint density at radius 2 is 1.89 bits per heavy atom. The number of halogens is 2. The van der Waals surface area contributed by atoms with Crippen LogP contribution in [0.5, 0.6) is 0 Å². The minimum atomic E-state index is -0.563. The van der Waals surface area contributed by atoms with E-state index in [4.69, 9.17) is 10.5 Å². The van der Waals surface area contributed by atoms with Crippen molar-refractivity contribution in [3.8, 4) is 0 Å². The number of carbonyl (C=O) groups excluding carboxylic acids is 1. The van der Waals surface area contributed by atoms with Crippen LogP contribution < -0.4 is 11.1 Å². The fourth-order valence-electron chi connectivity index (χ4n) is 2.08. The third-order valence-electron chi connectivity index (χ3n) is 3.42. The van der Waals surface area contributed by atoms with Crippen LogP contribution in [0.4, 0.5) is 10.1 Å². The summed E-state index contributed by atoms with van der Waals surface area (Å²) in [5, 5.41) is 2.79. The van der Waals surface area contributed by atoms with Crippen LogP contribution in [0.15, 0.2) is 24.3 Å². The Morgan fingerprint density at radius 3 is 2.42 bits per heavy atom. The Balaban J connectivity index is 0.00000180. The van der Waals surface area contributed by atoms with E-state index < -0.39 is 5.41 Å². The third kappa shape index (κ3) is 3.65. The van der Waals surface area contributed by atoms with Gasteiger partial charge < -0.3 is 15.8 Å². The molecule has 1 aromatic rings. The number of nitrogens with one attached hydrogen (secondary N) is 1. The third-order valence-corrected chi connectivity index (χ3v) is 3.42. The Kier molecular flexibility index (Phi) is 5.72. The maximum absolute atomic E-state index is 12.8. The van der Waals surface area contributed by atoms with Crippen molar-refractivity contribution in [2.24, 2.45) is 11.1 Å². The van der Waals surface area contributed by atoms with Crippen LogP contribution >= 0.6 is 12.4 Å². The van der Waals surface area contributed by atoms with Crippen molar-refractivity contribution < 1.29 is 13.9 Å². The van der Waals surface area contributed by atoms with Crippen LogP contribution in [-0.4, -0.2) is 25.7 Å². The van der Waals surface area contributed by atoms with Crippen LogP contribution in [0.2, 0.25) is 0 Å². The molecule has 0 bridgehead atoms.